The number of aryl methyl sites for hydroxylation is 1. The van der Waals surface area contributed by atoms with Gasteiger partial charge in [-0.15, -0.1) is 11.3 Å². The lowest BCUT2D eigenvalue weighted by Gasteiger charge is -2.09. The second-order valence-electron chi connectivity index (χ2n) is 5.41. The molecule has 0 saturated carbocycles. The summed E-state index contributed by atoms with van der Waals surface area (Å²) < 4.78 is 18.4. The molecular weight excluding hydrogens is 339 g/mol. The molecule has 3 aromatic rings. The maximum Gasteiger partial charge on any atom is 0.271 e. The smallest absolute Gasteiger partial charge is 0.271 e. The van der Waals surface area contributed by atoms with Crippen molar-refractivity contribution in [3.63, 3.8) is 0 Å². The number of methoxy groups -OCH3 is 1. The molecule has 2 aromatic carbocycles. The molecule has 4 nitrogen and oxygen atoms in total. The Balaban J connectivity index is 1.82. The maximum absolute atomic E-state index is 13.1. The Morgan fingerprint density at radius 2 is 1.92 bits per heavy atom. The lowest BCUT2D eigenvalue weighted by Crippen LogP contribution is -2.24. The molecule has 1 amide bonds. The van der Waals surface area contributed by atoms with E-state index in [1.54, 1.807) is 19.2 Å². The number of carbonyl (C=O) groups excluding carboxylic acids is 1. The SMILES string of the molecule is COc1ccccc1CNC(=O)c1nc(C)sc1-c1ccc(F)cc1. The number of rotatable bonds is 5. The molecule has 0 fully saturated rings. The Bertz CT molecular complexity index is 891. The van der Waals surface area contributed by atoms with Crippen molar-refractivity contribution in [1.29, 1.82) is 0 Å². The molecule has 25 heavy (non-hydrogen) atoms. The number of para-hydroxylation sites is 1. The minimum atomic E-state index is -0.313. The summed E-state index contributed by atoms with van der Waals surface area (Å²) in [7, 11) is 1.59. The Labute approximate surface area is 149 Å². The summed E-state index contributed by atoms with van der Waals surface area (Å²) in [5.74, 6) is 0.137. The van der Waals surface area contributed by atoms with Crippen LogP contribution in [0.4, 0.5) is 4.39 Å². The molecule has 1 N–H and O–H groups in total. The highest BCUT2D eigenvalue weighted by Gasteiger charge is 2.18. The summed E-state index contributed by atoms with van der Waals surface area (Å²) in [5.41, 5.74) is 2.01. The first-order valence-electron chi connectivity index (χ1n) is 7.72. The van der Waals surface area contributed by atoms with Crippen molar-refractivity contribution in [3.05, 3.63) is 70.6 Å². The van der Waals surface area contributed by atoms with E-state index in [-0.39, 0.29) is 11.7 Å². The van der Waals surface area contributed by atoms with Gasteiger partial charge in [-0.2, -0.15) is 0 Å². The summed E-state index contributed by atoms with van der Waals surface area (Å²) >= 11 is 1.41. The monoisotopic (exact) mass is 356 g/mol. The van der Waals surface area contributed by atoms with Crippen LogP contribution in [-0.2, 0) is 6.54 Å². The summed E-state index contributed by atoms with van der Waals surface area (Å²) in [4.78, 5) is 17.7. The molecule has 128 valence electrons. The van der Waals surface area contributed by atoms with Crippen molar-refractivity contribution in [2.24, 2.45) is 0 Å². The molecule has 1 aromatic heterocycles. The number of nitrogens with one attached hydrogen (secondary N) is 1. The number of hydrogen-bond donors (Lipinski definition) is 1. The number of aromatic nitrogens is 1. The summed E-state index contributed by atoms with van der Waals surface area (Å²) in [6, 6.07) is 13.6. The van der Waals surface area contributed by atoms with Crippen LogP contribution in [0.15, 0.2) is 48.5 Å². The maximum atomic E-state index is 13.1. The molecule has 0 atom stereocenters. The van der Waals surface area contributed by atoms with Crippen molar-refractivity contribution in [2.75, 3.05) is 7.11 Å². The van der Waals surface area contributed by atoms with Gasteiger partial charge in [0.05, 0.1) is 17.0 Å². The third-order valence-electron chi connectivity index (χ3n) is 3.69. The van der Waals surface area contributed by atoms with E-state index in [1.165, 1.54) is 23.5 Å². The van der Waals surface area contributed by atoms with E-state index in [4.69, 9.17) is 4.74 Å². The summed E-state index contributed by atoms with van der Waals surface area (Å²) in [6.07, 6.45) is 0. The fourth-order valence-electron chi connectivity index (χ4n) is 2.49. The average molecular weight is 356 g/mol. The number of nitrogens with zero attached hydrogens (tertiary/aromatic N) is 1. The van der Waals surface area contributed by atoms with Crippen LogP contribution in [0.1, 0.15) is 21.1 Å². The zero-order valence-electron chi connectivity index (χ0n) is 13.9. The zero-order chi connectivity index (χ0) is 17.8. The molecule has 0 bridgehead atoms. The molecule has 3 rings (SSSR count). The van der Waals surface area contributed by atoms with E-state index in [1.807, 2.05) is 31.2 Å². The topological polar surface area (TPSA) is 51.2 Å². The first-order chi connectivity index (χ1) is 12.1. The van der Waals surface area contributed by atoms with Crippen LogP contribution in [0.5, 0.6) is 5.75 Å². The molecule has 0 aliphatic heterocycles. The molecule has 1 heterocycles. The van der Waals surface area contributed by atoms with Gasteiger partial charge < -0.3 is 10.1 Å². The number of benzene rings is 2. The molecule has 0 unspecified atom stereocenters. The zero-order valence-corrected chi connectivity index (χ0v) is 14.7. The van der Waals surface area contributed by atoms with Gasteiger partial charge in [-0.05, 0) is 30.7 Å². The van der Waals surface area contributed by atoms with Crippen LogP contribution in [0.3, 0.4) is 0 Å². The average Bonchev–Trinajstić information content (AvgIpc) is 3.02. The van der Waals surface area contributed by atoms with E-state index >= 15 is 0 Å². The van der Waals surface area contributed by atoms with Gasteiger partial charge in [0.25, 0.3) is 5.91 Å². The molecule has 0 aliphatic rings. The minimum absolute atomic E-state index is 0.269. The number of amides is 1. The highest BCUT2D eigenvalue weighted by molar-refractivity contribution is 7.15. The molecule has 0 spiro atoms. The van der Waals surface area contributed by atoms with E-state index in [0.717, 1.165) is 26.8 Å². The van der Waals surface area contributed by atoms with E-state index in [0.29, 0.717) is 12.2 Å². The number of thiazole rings is 1. The Morgan fingerprint density at radius 1 is 1.20 bits per heavy atom. The molecule has 0 saturated heterocycles. The van der Waals surface area contributed by atoms with Crippen LogP contribution >= 0.6 is 11.3 Å². The van der Waals surface area contributed by atoms with Gasteiger partial charge in [0.1, 0.15) is 17.3 Å². The third-order valence-corrected chi connectivity index (χ3v) is 4.71. The van der Waals surface area contributed by atoms with Crippen LogP contribution in [0.2, 0.25) is 0 Å². The van der Waals surface area contributed by atoms with Crippen molar-refractivity contribution >= 4 is 17.2 Å². The summed E-state index contributed by atoms with van der Waals surface area (Å²) in [6.45, 7) is 2.18. The normalized spacial score (nSPS) is 10.5. The van der Waals surface area contributed by atoms with Crippen LogP contribution in [0, 0.1) is 12.7 Å². The lowest BCUT2D eigenvalue weighted by molar-refractivity contribution is 0.0947. The quantitative estimate of drug-likeness (QED) is 0.745. The van der Waals surface area contributed by atoms with Crippen molar-refractivity contribution in [2.45, 2.75) is 13.5 Å². The predicted octanol–water partition coefficient (Wildman–Crippen LogP) is 4.20. The van der Waals surface area contributed by atoms with Crippen LogP contribution in [-0.4, -0.2) is 18.0 Å². The van der Waals surface area contributed by atoms with Crippen molar-refractivity contribution in [1.82, 2.24) is 10.3 Å². The van der Waals surface area contributed by atoms with E-state index in [2.05, 4.69) is 10.3 Å². The van der Waals surface area contributed by atoms with E-state index in [9.17, 15) is 9.18 Å². The highest BCUT2D eigenvalue weighted by atomic mass is 32.1. The second kappa shape index (κ2) is 7.44. The predicted molar refractivity (Wildman–Crippen MR) is 96.4 cm³/mol. The highest BCUT2D eigenvalue weighted by Crippen LogP contribution is 2.30. The third kappa shape index (κ3) is 3.85. The number of halogens is 1. The van der Waals surface area contributed by atoms with Gasteiger partial charge in [0, 0.05) is 12.1 Å². The number of carbonyl (C=O) groups is 1. The van der Waals surface area contributed by atoms with Gasteiger partial charge in [-0.25, -0.2) is 9.37 Å². The van der Waals surface area contributed by atoms with Gasteiger partial charge in [0.2, 0.25) is 0 Å². The van der Waals surface area contributed by atoms with Gasteiger partial charge >= 0.3 is 0 Å². The Morgan fingerprint density at radius 3 is 2.64 bits per heavy atom. The first-order valence-corrected chi connectivity index (χ1v) is 8.53. The van der Waals surface area contributed by atoms with E-state index < -0.39 is 0 Å². The largest absolute Gasteiger partial charge is 0.496 e. The van der Waals surface area contributed by atoms with Crippen LogP contribution in [0.25, 0.3) is 10.4 Å². The van der Waals surface area contributed by atoms with Gasteiger partial charge in [-0.1, -0.05) is 30.3 Å². The fourth-order valence-corrected chi connectivity index (χ4v) is 3.41. The first kappa shape index (κ1) is 17.1. The standard InChI is InChI=1S/C19H17FN2O2S/c1-12-22-17(18(25-12)13-7-9-15(20)10-8-13)19(23)21-11-14-5-3-4-6-16(14)24-2/h3-10H,11H2,1-2H3,(H,21,23). The Hall–Kier alpha value is -2.73. The fraction of sp³-hybridized carbons (Fsp3) is 0.158. The molecular formula is C19H17FN2O2S. The molecule has 0 radical (unpaired) electrons. The van der Waals surface area contributed by atoms with Crippen LogP contribution < -0.4 is 10.1 Å². The lowest BCUT2D eigenvalue weighted by atomic mass is 10.1. The van der Waals surface area contributed by atoms with Crippen molar-refractivity contribution < 1.29 is 13.9 Å². The second-order valence-corrected chi connectivity index (χ2v) is 6.62. The van der Waals surface area contributed by atoms with Gasteiger partial charge in [-0.3, -0.25) is 4.79 Å². The van der Waals surface area contributed by atoms with Gasteiger partial charge in [0.15, 0.2) is 0 Å². The summed E-state index contributed by atoms with van der Waals surface area (Å²) in [5, 5.41) is 3.66. The molecule has 6 heteroatoms. The Kier molecular flexibility index (Phi) is 5.09. The molecule has 0 aliphatic carbocycles. The van der Waals surface area contributed by atoms with Crippen molar-refractivity contribution in [3.8, 4) is 16.2 Å². The number of ether oxygens (including phenoxy) is 1. The minimum Gasteiger partial charge on any atom is -0.496 e. The number of hydrogen-bond acceptors (Lipinski definition) is 4.